The molecule has 0 aromatic rings. The number of carboxylic acids is 1. The van der Waals surface area contributed by atoms with Gasteiger partial charge in [0.15, 0.2) is 0 Å². The molecule has 0 rings (SSSR count). The molecule has 0 aliphatic carbocycles. The number of terminal acetylenes is 1. The van der Waals surface area contributed by atoms with Crippen molar-refractivity contribution in [1.82, 2.24) is 16.0 Å². The van der Waals surface area contributed by atoms with Gasteiger partial charge in [-0.3, -0.25) is 0 Å². The summed E-state index contributed by atoms with van der Waals surface area (Å²) in [6.45, 7) is 4.86. The number of carboxylic acid groups (broad SMARTS) is 1. The highest BCUT2D eigenvalue weighted by molar-refractivity contribution is 5.84. The molecule has 22 heavy (non-hydrogen) atoms. The Morgan fingerprint density at radius 1 is 1.27 bits per heavy atom. The zero-order valence-corrected chi connectivity index (χ0v) is 13.1. The lowest BCUT2D eigenvalue weighted by Crippen LogP contribution is -2.49. The molecule has 2 unspecified atom stereocenters. The summed E-state index contributed by atoms with van der Waals surface area (Å²) >= 11 is 0. The van der Waals surface area contributed by atoms with Gasteiger partial charge in [-0.1, -0.05) is 13.8 Å². The van der Waals surface area contributed by atoms with Gasteiger partial charge in [-0.05, 0) is 25.8 Å². The molecule has 0 aromatic carbocycles. The number of carbonyl (C=O) groups is 3. The first-order valence-electron chi connectivity index (χ1n) is 7.32. The fourth-order valence-corrected chi connectivity index (χ4v) is 1.75. The summed E-state index contributed by atoms with van der Waals surface area (Å²) < 4.78 is 0. The third-order valence-corrected chi connectivity index (χ3v) is 2.89. The maximum atomic E-state index is 11.7. The summed E-state index contributed by atoms with van der Waals surface area (Å²) in [5.74, 6) is 1.16. The predicted molar refractivity (Wildman–Crippen MR) is 83.4 cm³/mol. The highest BCUT2D eigenvalue weighted by atomic mass is 16.4. The minimum Gasteiger partial charge on any atom is -0.480 e. The van der Waals surface area contributed by atoms with Crippen LogP contribution >= 0.6 is 0 Å². The maximum absolute atomic E-state index is 11.7. The van der Waals surface area contributed by atoms with E-state index in [1.165, 1.54) is 0 Å². The summed E-state index contributed by atoms with van der Waals surface area (Å²) in [5.41, 5.74) is 0. The summed E-state index contributed by atoms with van der Waals surface area (Å²) in [7, 11) is 0. The van der Waals surface area contributed by atoms with E-state index in [1.807, 2.05) is 13.8 Å². The second-order valence-corrected chi connectivity index (χ2v) is 5.26. The van der Waals surface area contributed by atoms with Gasteiger partial charge in [0, 0.05) is 12.5 Å². The molecular weight excluding hydrogens is 286 g/mol. The van der Waals surface area contributed by atoms with Crippen molar-refractivity contribution in [1.29, 1.82) is 0 Å². The van der Waals surface area contributed by atoms with Gasteiger partial charge in [-0.15, -0.1) is 12.3 Å². The minimum atomic E-state index is -1.11. The monoisotopic (exact) mass is 311 g/mol. The molecule has 0 heterocycles. The fourth-order valence-electron chi connectivity index (χ4n) is 1.75. The molecule has 2 amide bonds. The summed E-state index contributed by atoms with van der Waals surface area (Å²) in [4.78, 5) is 33.5. The molecule has 0 saturated heterocycles. The molecule has 2 atom stereocenters. The molecule has 0 saturated carbocycles. The molecule has 7 heteroatoms. The SMILES string of the molecule is C#CCC(C=O)NC(=O)NC(CCCCNC(C)C)C(=O)O. The number of nitrogens with one attached hydrogen (secondary N) is 3. The lowest BCUT2D eigenvalue weighted by atomic mass is 10.1. The van der Waals surface area contributed by atoms with Crippen molar-refractivity contribution < 1.29 is 19.5 Å². The summed E-state index contributed by atoms with van der Waals surface area (Å²) in [5, 5.41) is 17.0. The number of unbranched alkanes of at least 4 members (excludes halogenated alkanes) is 1. The van der Waals surface area contributed by atoms with Crippen molar-refractivity contribution in [2.24, 2.45) is 0 Å². The van der Waals surface area contributed by atoms with Crippen LogP contribution in [0.5, 0.6) is 0 Å². The molecule has 4 N–H and O–H groups in total. The molecule has 7 nitrogen and oxygen atoms in total. The molecule has 0 bridgehead atoms. The van der Waals surface area contributed by atoms with E-state index in [9.17, 15) is 14.4 Å². The molecule has 0 aromatic heterocycles. The largest absolute Gasteiger partial charge is 0.480 e. The lowest BCUT2D eigenvalue weighted by molar-refractivity contribution is -0.139. The van der Waals surface area contributed by atoms with Gasteiger partial charge in [0.25, 0.3) is 0 Å². The molecule has 124 valence electrons. The highest BCUT2D eigenvalue weighted by Gasteiger charge is 2.20. The predicted octanol–water partition coefficient (Wildman–Crippen LogP) is 0.498. The zero-order valence-electron chi connectivity index (χ0n) is 13.1. The molecule has 0 fully saturated rings. The molecule has 0 spiro atoms. The average molecular weight is 311 g/mol. The van der Waals surface area contributed by atoms with E-state index in [2.05, 4.69) is 21.9 Å². The smallest absolute Gasteiger partial charge is 0.326 e. The van der Waals surface area contributed by atoms with Gasteiger partial charge in [0.1, 0.15) is 12.3 Å². The Hall–Kier alpha value is -2.07. The van der Waals surface area contributed by atoms with E-state index < -0.39 is 24.1 Å². The van der Waals surface area contributed by atoms with Gasteiger partial charge in [-0.2, -0.15) is 0 Å². The second-order valence-electron chi connectivity index (χ2n) is 5.26. The van der Waals surface area contributed by atoms with Crippen molar-refractivity contribution in [2.75, 3.05) is 6.54 Å². The van der Waals surface area contributed by atoms with Crippen LogP contribution in [0, 0.1) is 12.3 Å². The van der Waals surface area contributed by atoms with Crippen LogP contribution in [0.1, 0.15) is 39.5 Å². The minimum absolute atomic E-state index is 0.0650. The van der Waals surface area contributed by atoms with Crippen LogP contribution in [0.25, 0.3) is 0 Å². The second kappa shape index (κ2) is 11.6. The molecule has 0 radical (unpaired) electrons. The van der Waals surface area contributed by atoms with Crippen molar-refractivity contribution in [3.8, 4) is 12.3 Å². The number of hydrogen-bond donors (Lipinski definition) is 4. The van der Waals surface area contributed by atoms with Gasteiger partial charge < -0.3 is 25.9 Å². The van der Waals surface area contributed by atoms with E-state index in [4.69, 9.17) is 11.5 Å². The number of aldehydes is 1. The standard InChI is InChI=1S/C15H25N3O4/c1-4-7-12(10-19)17-15(22)18-13(14(20)21)8-5-6-9-16-11(2)3/h1,10-13,16H,5-9H2,2-3H3,(H,20,21)(H2,17,18,22). The number of amides is 2. The molecular formula is C15H25N3O4. The van der Waals surface area contributed by atoms with E-state index in [0.29, 0.717) is 25.2 Å². The van der Waals surface area contributed by atoms with E-state index in [0.717, 1.165) is 13.0 Å². The van der Waals surface area contributed by atoms with Crippen LogP contribution in [0.3, 0.4) is 0 Å². The Morgan fingerprint density at radius 2 is 1.95 bits per heavy atom. The van der Waals surface area contributed by atoms with Crippen LogP contribution in [0.4, 0.5) is 4.79 Å². The van der Waals surface area contributed by atoms with Crippen LogP contribution < -0.4 is 16.0 Å². The van der Waals surface area contributed by atoms with Crippen molar-refractivity contribution in [3.05, 3.63) is 0 Å². The topological polar surface area (TPSA) is 108 Å². The highest BCUT2D eigenvalue weighted by Crippen LogP contribution is 2.01. The van der Waals surface area contributed by atoms with Crippen LogP contribution in [0.2, 0.25) is 0 Å². The Labute approximate surface area is 131 Å². The van der Waals surface area contributed by atoms with Crippen LogP contribution in [-0.4, -0.2) is 48.1 Å². The Kier molecular flexibility index (Phi) is 10.5. The van der Waals surface area contributed by atoms with Crippen molar-refractivity contribution in [2.45, 2.75) is 57.7 Å². The van der Waals surface area contributed by atoms with E-state index in [-0.39, 0.29) is 6.42 Å². The fraction of sp³-hybridized carbons (Fsp3) is 0.667. The first-order valence-corrected chi connectivity index (χ1v) is 7.32. The number of carbonyl (C=O) groups excluding carboxylic acids is 2. The Morgan fingerprint density at radius 3 is 2.45 bits per heavy atom. The zero-order chi connectivity index (χ0) is 17.0. The van der Waals surface area contributed by atoms with Gasteiger partial charge in [0.2, 0.25) is 0 Å². The van der Waals surface area contributed by atoms with Crippen LogP contribution in [-0.2, 0) is 9.59 Å². The third kappa shape index (κ3) is 9.77. The average Bonchev–Trinajstić information content (AvgIpc) is 2.44. The molecule has 0 aliphatic heterocycles. The molecule has 0 aliphatic rings. The normalized spacial score (nSPS) is 13.0. The van der Waals surface area contributed by atoms with E-state index >= 15 is 0 Å². The van der Waals surface area contributed by atoms with Crippen molar-refractivity contribution >= 4 is 18.3 Å². The summed E-state index contributed by atoms with van der Waals surface area (Å²) in [6.07, 6.45) is 7.46. The number of aliphatic carboxylic acids is 1. The number of urea groups is 1. The third-order valence-electron chi connectivity index (χ3n) is 2.89. The number of rotatable bonds is 11. The van der Waals surface area contributed by atoms with Crippen LogP contribution in [0.15, 0.2) is 0 Å². The first-order chi connectivity index (χ1) is 10.4. The van der Waals surface area contributed by atoms with Gasteiger partial charge in [-0.25, -0.2) is 9.59 Å². The van der Waals surface area contributed by atoms with Gasteiger partial charge >= 0.3 is 12.0 Å². The Balaban J connectivity index is 4.18. The quantitative estimate of drug-likeness (QED) is 0.252. The number of hydrogen-bond acceptors (Lipinski definition) is 4. The first kappa shape index (κ1) is 19.9. The van der Waals surface area contributed by atoms with Gasteiger partial charge in [0.05, 0.1) is 6.04 Å². The lowest BCUT2D eigenvalue weighted by Gasteiger charge is -2.17. The van der Waals surface area contributed by atoms with E-state index in [1.54, 1.807) is 0 Å². The summed E-state index contributed by atoms with van der Waals surface area (Å²) in [6, 6.07) is -2.12. The Bertz CT molecular complexity index is 404. The van der Waals surface area contributed by atoms with Crippen molar-refractivity contribution in [3.63, 3.8) is 0 Å². The maximum Gasteiger partial charge on any atom is 0.326 e.